The zero-order valence-electron chi connectivity index (χ0n) is 13.7. The molecule has 0 saturated heterocycles. The van der Waals surface area contributed by atoms with Gasteiger partial charge in [-0.05, 0) is 44.4 Å². The third-order valence-electron chi connectivity index (χ3n) is 4.60. The van der Waals surface area contributed by atoms with Crippen LogP contribution in [0.25, 0.3) is 5.69 Å². The van der Waals surface area contributed by atoms with Crippen LogP contribution in [0.4, 0.5) is 0 Å². The number of nitrogens with two attached hydrogens (primary N) is 1. The van der Waals surface area contributed by atoms with Gasteiger partial charge in [-0.15, -0.1) is 0 Å². The van der Waals surface area contributed by atoms with E-state index in [-0.39, 0.29) is 23.1 Å². The fourth-order valence-electron chi connectivity index (χ4n) is 3.28. The van der Waals surface area contributed by atoms with Crippen molar-refractivity contribution in [2.75, 3.05) is 6.54 Å². The third-order valence-corrected chi connectivity index (χ3v) is 4.60. The van der Waals surface area contributed by atoms with Crippen molar-refractivity contribution in [3.8, 4) is 5.69 Å². The quantitative estimate of drug-likeness (QED) is 0.888. The summed E-state index contributed by atoms with van der Waals surface area (Å²) in [5, 5.41) is 7.24. The summed E-state index contributed by atoms with van der Waals surface area (Å²) in [6.07, 6.45) is 2.95. The van der Waals surface area contributed by atoms with E-state index in [9.17, 15) is 9.59 Å². The second kappa shape index (κ2) is 6.97. The number of para-hydroxylation sites is 1. The van der Waals surface area contributed by atoms with Gasteiger partial charge in [0.05, 0.1) is 5.69 Å². The van der Waals surface area contributed by atoms with E-state index in [1.807, 2.05) is 30.3 Å². The predicted molar refractivity (Wildman–Crippen MR) is 92.2 cm³/mol. The molecule has 1 heterocycles. The largest absolute Gasteiger partial charge is 0.347 e. The molecule has 0 spiro atoms. The number of aromatic nitrogens is 2. The highest BCUT2D eigenvalue weighted by Crippen LogP contribution is 2.24. The molecule has 0 radical (unpaired) electrons. The van der Waals surface area contributed by atoms with Gasteiger partial charge in [-0.1, -0.05) is 24.6 Å². The maximum atomic E-state index is 12.6. The van der Waals surface area contributed by atoms with Crippen LogP contribution >= 0.6 is 0 Å². The normalized spacial score (nSPS) is 20.1. The van der Waals surface area contributed by atoms with Crippen molar-refractivity contribution in [1.29, 1.82) is 0 Å². The van der Waals surface area contributed by atoms with Gasteiger partial charge in [0.2, 0.25) is 5.43 Å². The first-order valence-electron chi connectivity index (χ1n) is 8.27. The van der Waals surface area contributed by atoms with Gasteiger partial charge >= 0.3 is 0 Å². The smallest absolute Gasteiger partial charge is 0.276 e. The zero-order chi connectivity index (χ0) is 17.1. The number of amides is 1. The number of carbonyl (C=O) groups excluding carboxylic acids is 1. The molecule has 1 aromatic heterocycles. The summed E-state index contributed by atoms with van der Waals surface area (Å²) in [5.41, 5.74) is 6.81. The Morgan fingerprint density at radius 1 is 1.33 bits per heavy atom. The molecule has 0 aliphatic heterocycles. The summed E-state index contributed by atoms with van der Waals surface area (Å²) in [7, 11) is 0. The van der Waals surface area contributed by atoms with E-state index in [2.05, 4.69) is 10.4 Å². The molecule has 6 nitrogen and oxygen atoms in total. The number of nitrogens with zero attached hydrogens (tertiary/aromatic N) is 2. The van der Waals surface area contributed by atoms with Crippen LogP contribution in [0.15, 0.2) is 41.2 Å². The van der Waals surface area contributed by atoms with Gasteiger partial charge in [-0.3, -0.25) is 9.59 Å². The van der Waals surface area contributed by atoms with E-state index in [0.717, 1.165) is 24.9 Å². The van der Waals surface area contributed by atoms with Gasteiger partial charge in [0.1, 0.15) is 0 Å². The summed E-state index contributed by atoms with van der Waals surface area (Å²) in [6.45, 7) is 2.34. The molecule has 0 bridgehead atoms. The molecule has 2 aromatic rings. The van der Waals surface area contributed by atoms with Crippen LogP contribution in [0.5, 0.6) is 0 Å². The number of aryl methyl sites for hydroxylation is 1. The molecule has 6 heteroatoms. The molecule has 1 aliphatic carbocycles. The molecule has 1 amide bonds. The van der Waals surface area contributed by atoms with Crippen LogP contribution in [-0.2, 0) is 0 Å². The van der Waals surface area contributed by atoms with Crippen LogP contribution in [0.1, 0.15) is 35.4 Å². The molecule has 3 rings (SSSR count). The van der Waals surface area contributed by atoms with E-state index >= 15 is 0 Å². The lowest BCUT2D eigenvalue weighted by atomic mass is 10.0. The van der Waals surface area contributed by atoms with Crippen LogP contribution in [0.3, 0.4) is 0 Å². The van der Waals surface area contributed by atoms with Crippen molar-refractivity contribution in [2.45, 2.75) is 32.2 Å². The Balaban J connectivity index is 1.90. The Kier molecular flexibility index (Phi) is 4.76. The fraction of sp³-hybridized carbons (Fsp3) is 0.389. The lowest BCUT2D eigenvalue weighted by molar-refractivity contribution is 0.0920. The number of carbonyl (C=O) groups is 1. The summed E-state index contributed by atoms with van der Waals surface area (Å²) in [6, 6.07) is 10.9. The second-order valence-electron chi connectivity index (χ2n) is 6.25. The Bertz CT molecular complexity index is 785. The van der Waals surface area contributed by atoms with E-state index in [1.165, 1.54) is 6.07 Å². The standard InChI is InChI=1S/C18H22N4O2/c1-12-10-16(23)17(21-22(12)14-7-3-2-4-8-14)18(24)20-15-9-5-6-13(15)11-19/h2-4,7-8,10,13,15H,5-6,9,11,19H2,1H3,(H,20,24). The lowest BCUT2D eigenvalue weighted by Gasteiger charge is -2.19. The first-order valence-corrected chi connectivity index (χ1v) is 8.27. The molecular formula is C18H22N4O2. The van der Waals surface area contributed by atoms with Crippen molar-refractivity contribution in [3.63, 3.8) is 0 Å². The number of rotatable bonds is 4. The molecule has 1 aromatic carbocycles. The zero-order valence-corrected chi connectivity index (χ0v) is 13.7. The van der Waals surface area contributed by atoms with Crippen LogP contribution in [0, 0.1) is 12.8 Å². The molecule has 1 saturated carbocycles. The highest BCUT2D eigenvalue weighted by atomic mass is 16.2. The van der Waals surface area contributed by atoms with Gasteiger partial charge < -0.3 is 11.1 Å². The Morgan fingerprint density at radius 2 is 2.08 bits per heavy atom. The number of hydrogen-bond acceptors (Lipinski definition) is 4. The summed E-state index contributed by atoms with van der Waals surface area (Å²) in [4.78, 5) is 24.8. The average Bonchev–Trinajstić information content (AvgIpc) is 3.02. The van der Waals surface area contributed by atoms with Crippen LogP contribution in [0.2, 0.25) is 0 Å². The van der Waals surface area contributed by atoms with Crippen LogP contribution < -0.4 is 16.5 Å². The van der Waals surface area contributed by atoms with Crippen molar-refractivity contribution < 1.29 is 4.79 Å². The van der Waals surface area contributed by atoms with Gasteiger partial charge in [0.15, 0.2) is 5.69 Å². The number of hydrogen-bond donors (Lipinski definition) is 2. The first-order chi connectivity index (χ1) is 11.6. The lowest BCUT2D eigenvalue weighted by Crippen LogP contribution is -2.42. The Labute approximate surface area is 140 Å². The number of nitrogens with one attached hydrogen (secondary N) is 1. The summed E-state index contributed by atoms with van der Waals surface area (Å²) in [5.74, 6) is -0.147. The predicted octanol–water partition coefficient (Wildman–Crippen LogP) is 1.40. The molecule has 1 fully saturated rings. The maximum absolute atomic E-state index is 12.6. The van der Waals surface area contributed by atoms with Crippen molar-refractivity contribution in [2.24, 2.45) is 11.7 Å². The molecule has 2 atom stereocenters. The molecule has 126 valence electrons. The Hall–Kier alpha value is -2.47. The van der Waals surface area contributed by atoms with Gasteiger partial charge in [-0.25, -0.2) is 4.68 Å². The van der Waals surface area contributed by atoms with E-state index in [0.29, 0.717) is 12.2 Å². The van der Waals surface area contributed by atoms with Gasteiger partial charge in [0, 0.05) is 17.8 Å². The first kappa shape index (κ1) is 16.4. The summed E-state index contributed by atoms with van der Waals surface area (Å²) < 4.78 is 1.62. The minimum Gasteiger partial charge on any atom is -0.347 e. The third kappa shape index (κ3) is 3.23. The molecule has 1 aliphatic rings. The van der Waals surface area contributed by atoms with Crippen molar-refractivity contribution in [1.82, 2.24) is 15.1 Å². The highest BCUT2D eigenvalue weighted by Gasteiger charge is 2.28. The van der Waals surface area contributed by atoms with Gasteiger partial charge in [-0.2, -0.15) is 5.10 Å². The fourth-order valence-corrected chi connectivity index (χ4v) is 3.28. The van der Waals surface area contributed by atoms with Crippen molar-refractivity contribution in [3.05, 3.63) is 58.0 Å². The minimum absolute atomic E-state index is 0.0233. The molecule has 24 heavy (non-hydrogen) atoms. The van der Waals surface area contributed by atoms with E-state index in [1.54, 1.807) is 11.6 Å². The van der Waals surface area contributed by atoms with E-state index in [4.69, 9.17) is 5.73 Å². The Morgan fingerprint density at radius 3 is 2.79 bits per heavy atom. The monoisotopic (exact) mass is 326 g/mol. The molecule has 2 unspecified atom stereocenters. The van der Waals surface area contributed by atoms with E-state index < -0.39 is 5.91 Å². The maximum Gasteiger partial charge on any atom is 0.276 e. The minimum atomic E-state index is -0.421. The number of benzene rings is 1. The topological polar surface area (TPSA) is 90.0 Å². The highest BCUT2D eigenvalue weighted by molar-refractivity contribution is 5.92. The van der Waals surface area contributed by atoms with Crippen LogP contribution in [-0.4, -0.2) is 28.3 Å². The summed E-state index contributed by atoms with van der Waals surface area (Å²) >= 11 is 0. The molecular weight excluding hydrogens is 304 g/mol. The average molecular weight is 326 g/mol. The van der Waals surface area contributed by atoms with Crippen molar-refractivity contribution >= 4 is 5.91 Å². The second-order valence-corrected chi connectivity index (χ2v) is 6.25. The molecule has 3 N–H and O–H groups in total. The van der Waals surface area contributed by atoms with Gasteiger partial charge in [0.25, 0.3) is 5.91 Å². The SMILES string of the molecule is Cc1cc(=O)c(C(=O)NC2CCCC2CN)nn1-c1ccccc1.